The minimum absolute atomic E-state index is 0.471. The molecular weight excluding hydrogens is 621 g/mol. The van der Waals surface area contributed by atoms with Crippen LogP contribution in [0, 0.1) is 0 Å². The summed E-state index contributed by atoms with van der Waals surface area (Å²) in [5.74, 6) is 0.673. The minimum Gasteiger partial charge on any atom is -0.264 e. The topological polar surface area (TPSA) is 51.6 Å². The van der Waals surface area contributed by atoms with Gasteiger partial charge in [0.25, 0.3) is 0 Å². The summed E-state index contributed by atoms with van der Waals surface area (Å²) in [4.78, 5) is 19.4. The molecule has 4 heteroatoms. The molecule has 0 radical (unpaired) electrons. The highest BCUT2D eigenvalue weighted by Crippen LogP contribution is 2.58. The van der Waals surface area contributed by atoms with Gasteiger partial charge in [0.1, 0.15) is 0 Å². The second-order valence-corrected chi connectivity index (χ2v) is 13.1. The molecule has 3 heterocycles. The van der Waals surface area contributed by atoms with Gasteiger partial charge in [-0.3, -0.25) is 9.97 Å². The Morgan fingerprint density at radius 3 is 1.71 bits per heavy atom. The van der Waals surface area contributed by atoms with E-state index in [1.165, 1.54) is 44.5 Å². The molecule has 8 aromatic rings. The van der Waals surface area contributed by atoms with Crippen molar-refractivity contribution < 1.29 is 0 Å². The molecule has 0 atom stereocenters. The molecule has 0 saturated heterocycles. The summed E-state index contributed by atoms with van der Waals surface area (Å²) in [6, 6.07) is 53.8. The lowest BCUT2D eigenvalue weighted by molar-refractivity contribution is 0.766. The molecule has 10 rings (SSSR count). The largest absolute Gasteiger partial charge is 0.264 e. The van der Waals surface area contributed by atoms with Crippen molar-refractivity contribution in [3.8, 4) is 56.3 Å². The van der Waals surface area contributed by atoms with E-state index < -0.39 is 5.41 Å². The summed E-state index contributed by atoms with van der Waals surface area (Å²) in [6.07, 6.45) is 10.0. The maximum absolute atomic E-state index is 5.20. The van der Waals surface area contributed by atoms with Crippen LogP contribution in [0.5, 0.6) is 0 Å². The Bertz CT molecular complexity index is 2580. The molecule has 1 spiro atoms. The lowest BCUT2D eigenvalue weighted by Gasteiger charge is -2.35. The summed E-state index contributed by atoms with van der Waals surface area (Å²) in [5.41, 5.74) is 16.0. The molecule has 2 aliphatic carbocycles. The van der Waals surface area contributed by atoms with E-state index in [1.807, 2.05) is 48.8 Å². The zero-order chi connectivity index (χ0) is 33.8. The summed E-state index contributed by atoms with van der Waals surface area (Å²) in [5, 5.41) is 0. The fraction of sp³-hybridized carbons (Fsp3) is 0.0213. The van der Waals surface area contributed by atoms with Crippen LogP contribution in [-0.4, -0.2) is 19.9 Å². The van der Waals surface area contributed by atoms with Gasteiger partial charge in [-0.05, 0) is 80.9 Å². The predicted octanol–water partition coefficient (Wildman–Crippen LogP) is 10.8. The van der Waals surface area contributed by atoms with Crippen LogP contribution in [0.1, 0.15) is 33.4 Å². The monoisotopic (exact) mass is 650 g/mol. The average molecular weight is 651 g/mol. The van der Waals surface area contributed by atoms with E-state index in [9.17, 15) is 0 Å². The normalized spacial score (nSPS) is 13.2. The first kappa shape index (κ1) is 29.2. The van der Waals surface area contributed by atoms with E-state index in [2.05, 4.69) is 132 Å². The Morgan fingerprint density at radius 1 is 0.392 bits per heavy atom. The molecule has 0 fully saturated rings. The quantitative estimate of drug-likeness (QED) is 0.190. The number of hydrogen-bond acceptors (Lipinski definition) is 4. The Labute approximate surface area is 296 Å². The minimum atomic E-state index is -0.471. The third kappa shape index (κ3) is 4.61. The van der Waals surface area contributed by atoms with Gasteiger partial charge in [0.2, 0.25) is 0 Å². The molecule has 0 bridgehead atoms. The number of aromatic nitrogens is 4. The van der Waals surface area contributed by atoms with Gasteiger partial charge in [-0.25, -0.2) is 9.97 Å². The van der Waals surface area contributed by atoms with Gasteiger partial charge in [0.05, 0.1) is 22.5 Å². The van der Waals surface area contributed by atoms with Crippen molar-refractivity contribution in [1.29, 1.82) is 0 Å². The molecule has 5 aromatic carbocycles. The Balaban J connectivity index is 1.17. The van der Waals surface area contributed by atoms with E-state index in [0.717, 1.165) is 39.3 Å². The Kier molecular flexibility index (Phi) is 6.68. The third-order valence-corrected chi connectivity index (χ3v) is 10.3. The van der Waals surface area contributed by atoms with Crippen LogP contribution in [0.15, 0.2) is 170 Å². The van der Waals surface area contributed by atoms with Gasteiger partial charge in [0, 0.05) is 40.8 Å². The van der Waals surface area contributed by atoms with Gasteiger partial charge in [-0.1, -0.05) is 127 Å². The van der Waals surface area contributed by atoms with Crippen LogP contribution in [0.4, 0.5) is 0 Å². The van der Waals surface area contributed by atoms with Crippen LogP contribution in [0.2, 0.25) is 0 Å². The number of pyridine rings is 2. The first-order chi connectivity index (χ1) is 25.3. The van der Waals surface area contributed by atoms with Gasteiger partial charge in [-0.2, -0.15) is 0 Å². The molecule has 238 valence electrons. The van der Waals surface area contributed by atoms with Gasteiger partial charge < -0.3 is 0 Å². The number of nitrogens with zero attached hydrogens (tertiary/aromatic N) is 4. The smallest absolute Gasteiger partial charge is 0.160 e. The van der Waals surface area contributed by atoms with Crippen LogP contribution in [0.3, 0.4) is 0 Å². The Morgan fingerprint density at radius 2 is 1.00 bits per heavy atom. The molecule has 0 saturated carbocycles. The summed E-state index contributed by atoms with van der Waals surface area (Å²) < 4.78 is 0. The van der Waals surface area contributed by atoms with Crippen molar-refractivity contribution >= 4 is 12.2 Å². The van der Waals surface area contributed by atoms with Gasteiger partial charge >= 0.3 is 0 Å². The second kappa shape index (κ2) is 11.7. The van der Waals surface area contributed by atoms with E-state index >= 15 is 0 Å². The van der Waals surface area contributed by atoms with Crippen molar-refractivity contribution in [3.05, 3.63) is 204 Å². The average Bonchev–Trinajstić information content (AvgIpc) is 3.41. The molecule has 0 unspecified atom stereocenters. The molecule has 51 heavy (non-hydrogen) atoms. The predicted molar refractivity (Wildman–Crippen MR) is 206 cm³/mol. The van der Waals surface area contributed by atoms with Crippen LogP contribution in [-0.2, 0) is 5.41 Å². The summed E-state index contributed by atoms with van der Waals surface area (Å²) >= 11 is 0. The van der Waals surface area contributed by atoms with Gasteiger partial charge in [0.15, 0.2) is 5.82 Å². The third-order valence-electron chi connectivity index (χ3n) is 10.3. The van der Waals surface area contributed by atoms with Crippen molar-refractivity contribution in [1.82, 2.24) is 19.9 Å². The molecule has 0 amide bonds. The van der Waals surface area contributed by atoms with E-state index in [-0.39, 0.29) is 0 Å². The highest BCUT2D eigenvalue weighted by molar-refractivity contribution is 5.92. The number of hydrogen-bond donors (Lipinski definition) is 0. The molecule has 0 N–H and O–H groups in total. The zero-order valence-corrected chi connectivity index (χ0v) is 27.6. The molecule has 3 aromatic heterocycles. The lowest BCUT2D eigenvalue weighted by atomic mass is 9.66. The highest BCUT2D eigenvalue weighted by atomic mass is 14.9. The van der Waals surface area contributed by atoms with Crippen LogP contribution < -0.4 is 0 Å². The second-order valence-electron chi connectivity index (χ2n) is 13.1. The summed E-state index contributed by atoms with van der Waals surface area (Å²) in [7, 11) is 0. The fourth-order valence-electron chi connectivity index (χ4n) is 8.01. The lowest BCUT2D eigenvalue weighted by Crippen LogP contribution is -2.29. The number of fused-ring (bicyclic) bond motifs is 9. The number of benzene rings is 5. The standard InChI is InChI=1S/C47H30N4/c1-2-13-33(14-3-1)44-28-45(36-23-25-43(49-30-36)35-15-10-26-48-29-35)51-46(50-44)34-22-24-42-38(27-34)37-16-6-9-19-41(37)47(42)39-17-7-4-11-31(39)20-21-32-12-5-8-18-40(32)47/h1-30H. The first-order valence-corrected chi connectivity index (χ1v) is 17.2. The maximum atomic E-state index is 5.20. The van der Waals surface area contributed by atoms with Crippen molar-refractivity contribution in [2.45, 2.75) is 5.41 Å². The summed E-state index contributed by atoms with van der Waals surface area (Å²) in [6.45, 7) is 0. The van der Waals surface area contributed by atoms with E-state index in [0.29, 0.717) is 5.82 Å². The van der Waals surface area contributed by atoms with Gasteiger partial charge in [-0.15, -0.1) is 0 Å². The molecule has 0 aliphatic heterocycles. The zero-order valence-electron chi connectivity index (χ0n) is 27.6. The number of rotatable bonds is 4. The fourth-order valence-corrected chi connectivity index (χ4v) is 8.01. The first-order valence-electron chi connectivity index (χ1n) is 17.2. The molecule has 2 aliphatic rings. The van der Waals surface area contributed by atoms with Crippen molar-refractivity contribution in [3.63, 3.8) is 0 Å². The van der Waals surface area contributed by atoms with Crippen LogP contribution >= 0.6 is 0 Å². The maximum Gasteiger partial charge on any atom is 0.160 e. The highest BCUT2D eigenvalue weighted by Gasteiger charge is 2.48. The van der Waals surface area contributed by atoms with Crippen LogP contribution in [0.25, 0.3) is 68.4 Å². The molecule has 4 nitrogen and oxygen atoms in total. The van der Waals surface area contributed by atoms with E-state index in [4.69, 9.17) is 15.0 Å². The Hall–Kier alpha value is -6.78. The van der Waals surface area contributed by atoms with E-state index in [1.54, 1.807) is 6.20 Å². The SMILES string of the molecule is C1=Cc2ccccc2C2(c3ccccc31)c1ccccc1-c1cc(-c3nc(-c4ccccc4)cc(-c4ccc(-c5cccnc5)nc4)n3)ccc12. The molecular formula is C47H30N4. The van der Waals surface area contributed by atoms with Crippen molar-refractivity contribution in [2.24, 2.45) is 0 Å². The van der Waals surface area contributed by atoms with Crippen molar-refractivity contribution in [2.75, 3.05) is 0 Å².